The summed E-state index contributed by atoms with van der Waals surface area (Å²) < 4.78 is 23.3. The van der Waals surface area contributed by atoms with Crippen LogP contribution in [0.2, 0.25) is 0 Å². The van der Waals surface area contributed by atoms with Crippen molar-refractivity contribution in [2.45, 2.75) is 32.2 Å². The summed E-state index contributed by atoms with van der Waals surface area (Å²) in [6.07, 6.45) is 4.81. The van der Waals surface area contributed by atoms with Crippen LogP contribution in [-0.4, -0.2) is 56.1 Å². The smallest absolute Gasteiger partial charge is 0.227 e. The second kappa shape index (κ2) is 6.02. The Morgan fingerprint density at radius 1 is 1.27 bits per heavy atom. The van der Waals surface area contributed by atoms with Gasteiger partial charge in [-0.1, -0.05) is 6.92 Å². The number of hydrogen-bond acceptors (Lipinski definition) is 6. The first-order chi connectivity index (χ1) is 10.4. The van der Waals surface area contributed by atoms with Crippen molar-refractivity contribution in [2.24, 2.45) is 5.92 Å². The molecule has 2 aliphatic heterocycles. The fourth-order valence-corrected chi connectivity index (χ4v) is 4.94. The molecule has 22 heavy (non-hydrogen) atoms. The van der Waals surface area contributed by atoms with Crippen LogP contribution in [0, 0.1) is 5.92 Å². The number of anilines is 2. The molecule has 0 aliphatic carbocycles. The lowest BCUT2D eigenvalue weighted by Crippen LogP contribution is -2.36. The minimum Gasteiger partial charge on any atom is -0.356 e. The van der Waals surface area contributed by atoms with Gasteiger partial charge in [0.1, 0.15) is 5.82 Å². The summed E-state index contributed by atoms with van der Waals surface area (Å²) >= 11 is 0. The van der Waals surface area contributed by atoms with Gasteiger partial charge in [-0.2, -0.15) is 4.98 Å². The molecule has 6 nitrogen and oxygen atoms in total. The molecule has 3 rings (SSSR count). The van der Waals surface area contributed by atoms with E-state index in [4.69, 9.17) is 0 Å². The lowest BCUT2D eigenvalue weighted by Gasteiger charge is -2.32. The van der Waals surface area contributed by atoms with E-state index in [1.807, 2.05) is 18.0 Å². The Hall–Kier alpha value is -1.37. The highest BCUT2D eigenvalue weighted by Gasteiger charge is 2.32. The summed E-state index contributed by atoms with van der Waals surface area (Å²) in [6, 6.07) is 1.93. The van der Waals surface area contributed by atoms with E-state index in [9.17, 15) is 8.42 Å². The van der Waals surface area contributed by atoms with Gasteiger partial charge in [-0.3, -0.25) is 0 Å². The van der Waals surface area contributed by atoms with Crippen LogP contribution in [0.5, 0.6) is 0 Å². The van der Waals surface area contributed by atoms with Crippen molar-refractivity contribution in [1.29, 1.82) is 0 Å². The number of aromatic nitrogens is 2. The molecule has 1 aromatic rings. The average Bonchev–Trinajstić information content (AvgIpc) is 2.87. The van der Waals surface area contributed by atoms with Crippen LogP contribution < -0.4 is 9.80 Å². The number of hydrogen-bond donors (Lipinski definition) is 0. The summed E-state index contributed by atoms with van der Waals surface area (Å²) in [5.41, 5.74) is 0. The molecule has 2 aliphatic rings. The molecule has 0 radical (unpaired) electrons. The maximum atomic E-state index is 11.6. The van der Waals surface area contributed by atoms with E-state index in [2.05, 4.69) is 21.8 Å². The molecule has 0 spiro atoms. The molecule has 122 valence electrons. The molecule has 1 unspecified atom stereocenters. The average molecular weight is 324 g/mol. The first-order valence-electron chi connectivity index (χ1n) is 7.96. The molecule has 2 saturated heterocycles. The van der Waals surface area contributed by atoms with Crippen molar-refractivity contribution in [1.82, 2.24) is 9.97 Å². The molecular formula is C15H24N4O2S. The maximum absolute atomic E-state index is 11.6. The Morgan fingerprint density at radius 3 is 2.64 bits per heavy atom. The SMILES string of the molecule is CC1CCN(c2ccnc(N(C)C3CCS(=O)(=O)C3)n2)CC1. The minimum atomic E-state index is -2.89. The third-order valence-electron chi connectivity index (χ3n) is 4.81. The van der Waals surface area contributed by atoms with E-state index in [0.29, 0.717) is 12.4 Å². The van der Waals surface area contributed by atoms with Gasteiger partial charge in [0.25, 0.3) is 0 Å². The third-order valence-corrected chi connectivity index (χ3v) is 6.56. The number of rotatable bonds is 3. The van der Waals surface area contributed by atoms with Crippen molar-refractivity contribution >= 4 is 21.6 Å². The molecule has 1 aromatic heterocycles. The fraction of sp³-hybridized carbons (Fsp3) is 0.733. The van der Waals surface area contributed by atoms with Crippen LogP contribution in [0.4, 0.5) is 11.8 Å². The number of sulfone groups is 1. The number of piperidine rings is 1. The summed E-state index contributed by atoms with van der Waals surface area (Å²) in [5.74, 6) is 2.83. The van der Waals surface area contributed by atoms with Gasteiger partial charge in [-0.15, -0.1) is 0 Å². The molecule has 3 heterocycles. The van der Waals surface area contributed by atoms with Gasteiger partial charge in [0.2, 0.25) is 5.95 Å². The van der Waals surface area contributed by atoms with Crippen molar-refractivity contribution in [3.63, 3.8) is 0 Å². The van der Waals surface area contributed by atoms with Gasteiger partial charge < -0.3 is 9.80 Å². The van der Waals surface area contributed by atoms with Crippen LogP contribution in [0.1, 0.15) is 26.2 Å². The van der Waals surface area contributed by atoms with Gasteiger partial charge in [0.05, 0.1) is 11.5 Å². The number of nitrogens with zero attached hydrogens (tertiary/aromatic N) is 4. The summed E-state index contributed by atoms with van der Waals surface area (Å²) in [4.78, 5) is 13.2. The van der Waals surface area contributed by atoms with Crippen molar-refractivity contribution in [3.8, 4) is 0 Å². The normalized spacial score (nSPS) is 25.4. The van der Waals surface area contributed by atoms with Crippen molar-refractivity contribution in [2.75, 3.05) is 41.4 Å². The lowest BCUT2D eigenvalue weighted by atomic mass is 9.99. The Bertz CT molecular complexity index is 626. The molecule has 0 bridgehead atoms. The molecule has 0 amide bonds. The van der Waals surface area contributed by atoms with Crippen LogP contribution in [0.25, 0.3) is 0 Å². The molecule has 2 fully saturated rings. The quantitative estimate of drug-likeness (QED) is 0.836. The van der Waals surface area contributed by atoms with Gasteiger partial charge in [-0.25, -0.2) is 13.4 Å². The molecule has 7 heteroatoms. The zero-order valence-corrected chi connectivity index (χ0v) is 14.1. The Kier molecular flexibility index (Phi) is 4.25. The van der Waals surface area contributed by atoms with Crippen LogP contribution in [0.3, 0.4) is 0 Å². The second-order valence-corrected chi connectivity index (χ2v) is 8.78. The van der Waals surface area contributed by atoms with Gasteiger partial charge in [-0.05, 0) is 31.2 Å². The highest BCUT2D eigenvalue weighted by molar-refractivity contribution is 7.91. The van der Waals surface area contributed by atoms with Crippen LogP contribution in [-0.2, 0) is 9.84 Å². The van der Waals surface area contributed by atoms with Crippen molar-refractivity contribution < 1.29 is 8.42 Å². The third kappa shape index (κ3) is 3.34. The van der Waals surface area contributed by atoms with E-state index in [-0.39, 0.29) is 17.5 Å². The molecule has 1 atom stereocenters. The molecule has 0 N–H and O–H groups in total. The Balaban J connectivity index is 1.73. The van der Waals surface area contributed by atoms with E-state index >= 15 is 0 Å². The summed E-state index contributed by atoms with van der Waals surface area (Å²) in [7, 11) is -1.00. The summed E-state index contributed by atoms with van der Waals surface area (Å²) in [6.45, 7) is 4.34. The lowest BCUT2D eigenvalue weighted by molar-refractivity contribution is 0.436. The highest BCUT2D eigenvalue weighted by Crippen LogP contribution is 2.24. The standard InChI is InChI=1S/C15H24N4O2S/c1-12-4-8-19(9-5-12)14-3-7-16-15(17-14)18(2)13-6-10-22(20,21)11-13/h3,7,12-13H,4-6,8-11H2,1-2H3. The minimum absolute atomic E-state index is 0.0124. The summed E-state index contributed by atoms with van der Waals surface area (Å²) in [5, 5.41) is 0. The zero-order chi connectivity index (χ0) is 15.7. The monoisotopic (exact) mass is 324 g/mol. The first-order valence-corrected chi connectivity index (χ1v) is 9.78. The zero-order valence-electron chi connectivity index (χ0n) is 13.3. The van der Waals surface area contributed by atoms with Crippen LogP contribution >= 0.6 is 0 Å². The molecule has 0 aromatic carbocycles. The van der Waals surface area contributed by atoms with Gasteiger partial charge in [0.15, 0.2) is 9.84 Å². The van der Waals surface area contributed by atoms with Crippen LogP contribution in [0.15, 0.2) is 12.3 Å². The topological polar surface area (TPSA) is 66.4 Å². The fourth-order valence-electron chi connectivity index (χ4n) is 3.17. The Labute approximate surface area is 132 Å². The Morgan fingerprint density at radius 2 is 2.00 bits per heavy atom. The maximum Gasteiger partial charge on any atom is 0.227 e. The van der Waals surface area contributed by atoms with Gasteiger partial charge in [0, 0.05) is 32.4 Å². The predicted molar refractivity (Wildman–Crippen MR) is 88.1 cm³/mol. The van der Waals surface area contributed by atoms with Crippen molar-refractivity contribution in [3.05, 3.63) is 12.3 Å². The highest BCUT2D eigenvalue weighted by atomic mass is 32.2. The molecule has 0 saturated carbocycles. The predicted octanol–water partition coefficient (Wildman–Crippen LogP) is 1.34. The van der Waals surface area contributed by atoms with Gasteiger partial charge >= 0.3 is 0 Å². The molecular weight excluding hydrogens is 300 g/mol. The largest absolute Gasteiger partial charge is 0.356 e. The van der Waals surface area contributed by atoms with E-state index in [1.54, 1.807) is 6.20 Å². The van der Waals surface area contributed by atoms with E-state index < -0.39 is 9.84 Å². The van der Waals surface area contributed by atoms with E-state index in [1.165, 1.54) is 12.8 Å². The second-order valence-electron chi connectivity index (χ2n) is 6.55. The first kappa shape index (κ1) is 15.5. The van der Waals surface area contributed by atoms with E-state index in [0.717, 1.165) is 24.8 Å².